The van der Waals surface area contributed by atoms with Gasteiger partial charge in [-0.3, -0.25) is 5.43 Å². The molecule has 2 aromatic carbocycles. The summed E-state index contributed by atoms with van der Waals surface area (Å²) in [7, 11) is 0. The van der Waals surface area contributed by atoms with Crippen LogP contribution in [0.25, 0.3) is 10.9 Å². The van der Waals surface area contributed by atoms with Crippen molar-refractivity contribution in [3.05, 3.63) is 71.9 Å². The number of aromatic nitrogens is 3. The van der Waals surface area contributed by atoms with Crippen molar-refractivity contribution in [2.75, 3.05) is 48.0 Å². The minimum atomic E-state index is 0.595. The average Bonchev–Trinajstić information content (AvgIpc) is 3.72. The second-order valence-corrected chi connectivity index (χ2v) is 10.1. The van der Waals surface area contributed by atoms with E-state index >= 15 is 0 Å². The van der Waals surface area contributed by atoms with E-state index in [-0.39, 0.29) is 0 Å². The highest BCUT2D eigenvalue weighted by Crippen LogP contribution is 2.26. The molecule has 4 aromatic rings. The molecule has 0 atom stereocenters. The standard InChI is InChI=1S/C30H35N7O/c1-23-10-2-5-13-27(23)38-19-18-37-22-24(25-11-3-4-12-26(25)37)21-31-34-28-20-29(35-14-6-7-15-35)33-30(32-28)36-16-8-9-17-36/h2-5,10-13,20-22H,6-9,14-19H2,1H3,(H,32,33,34). The third-order valence-electron chi connectivity index (χ3n) is 7.41. The fourth-order valence-electron chi connectivity index (χ4n) is 5.35. The van der Waals surface area contributed by atoms with E-state index in [9.17, 15) is 0 Å². The van der Waals surface area contributed by atoms with Crippen molar-refractivity contribution < 1.29 is 4.74 Å². The Hall–Kier alpha value is -4.07. The van der Waals surface area contributed by atoms with Crippen molar-refractivity contribution in [1.82, 2.24) is 14.5 Å². The van der Waals surface area contributed by atoms with Crippen molar-refractivity contribution in [1.29, 1.82) is 0 Å². The van der Waals surface area contributed by atoms with Crippen LogP contribution in [0.1, 0.15) is 36.8 Å². The van der Waals surface area contributed by atoms with E-state index in [1.165, 1.54) is 25.7 Å². The Morgan fingerprint density at radius 1 is 0.921 bits per heavy atom. The lowest BCUT2D eigenvalue weighted by atomic mass is 10.2. The predicted octanol–water partition coefficient (Wildman–Crippen LogP) is 5.47. The van der Waals surface area contributed by atoms with E-state index in [4.69, 9.17) is 14.7 Å². The number of nitrogens with one attached hydrogen (secondary N) is 1. The Kier molecular flexibility index (Phi) is 7.11. The number of hydrogen-bond donors (Lipinski definition) is 1. The second-order valence-electron chi connectivity index (χ2n) is 10.1. The zero-order valence-electron chi connectivity index (χ0n) is 22.0. The minimum absolute atomic E-state index is 0.595. The number of anilines is 3. The van der Waals surface area contributed by atoms with Crippen molar-refractivity contribution in [2.24, 2.45) is 5.10 Å². The van der Waals surface area contributed by atoms with Crippen LogP contribution in [0, 0.1) is 6.92 Å². The van der Waals surface area contributed by atoms with Gasteiger partial charge in [0, 0.05) is 54.9 Å². The van der Waals surface area contributed by atoms with Crippen molar-refractivity contribution in [3.8, 4) is 5.75 Å². The minimum Gasteiger partial charge on any atom is -0.491 e. The lowest BCUT2D eigenvalue weighted by Gasteiger charge is -2.21. The number of nitrogens with zero attached hydrogens (tertiary/aromatic N) is 6. The molecule has 2 aromatic heterocycles. The van der Waals surface area contributed by atoms with Crippen molar-refractivity contribution in [2.45, 2.75) is 39.2 Å². The third kappa shape index (κ3) is 5.30. The Bertz CT molecular complexity index is 1380. The van der Waals surface area contributed by atoms with Gasteiger partial charge < -0.3 is 19.1 Å². The summed E-state index contributed by atoms with van der Waals surface area (Å²) in [6.45, 7) is 7.54. The molecule has 2 saturated heterocycles. The van der Waals surface area contributed by atoms with Gasteiger partial charge in [-0.1, -0.05) is 36.4 Å². The number of hydrogen-bond acceptors (Lipinski definition) is 7. The van der Waals surface area contributed by atoms with Gasteiger partial charge in [-0.2, -0.15) is 15.1 Å². The van der Waals surface area contributed by atoms with Crippen LogP contribution in [0.2, 0.25) is 0 Å². The van der Waals surface area contributed by atoms with Crippen LogP contribution >= 0.6 is 0 Å². The number of rotatable bonds is 9. The summed E-state index contributed by atoms with van der Waals surface area (Å²) >= 11 is 0. The Balaban J connectivity index is 1.19. The molecule has 0 bridgehead atoms. The molecule has 8 nitrogen and oxygen atoms in total. The Morgan fingerprint density at radius 3 is 2.47 bits per heavy atom. The monoisotopic (exact) mass is 509 g/mol. The van der Waals surface area contributed by atoms with Gasteiger partial charge in [-0.15, -0.1) is 0 Å². The average molecular weight is 510 g/mol. The van der Waals surface area contributed by atoms with Gasteiger partial charge in [0.05, 0.1) is 12.8 Å². The van der Waals surface area contributed by atoms with Crippen molar-refractivity contribution in [3.63, 3.8) is 0 Å². The first kappa shape index (κ1) is 24.3. The predicted molar refractivity (Wildman–Crippen MR) is 155 cm³/mol. The van der Waals surface area contributed by atoms with Crippen LogP contribution in [0.5, 0.6) is 5.75 Å². The van der Waals surface area contributed by atoms with E-state index in [1.54, 1.807) is 0 Å². The first-order chi connectivity index (χ1) is 18.7. The lowest BCUT2D eigenvalue weighted by molar-refractivity contribution is 0.298. The number of hydrazone groups is 1. The highest BCUT2D eigenvalue weighted by Gasteiger charge is 2.20. The summed E-state index contributed by atoms with van der Waals surface area (Å²) in [5.41, 5.74) is 6.56. The zero-order chi connectivity index (χ0) is 25.7. The summed E-state index contributed by atoms with van der Waals surface area (Å²) in [4.78, 5) is 14.3. The highest BCUT2D eigenvalue weighted by molar-refractivity contribution is 5.99. The highest BCUT2D eigenvalue weighted by atomic mass is 16.5. The number of aryl methyl sites for hydroxylation is 1. The van der Waals surface area contributed by atoms with Crippen LogP contribution in [0.4, 0.5) is 17.6 Å². The number of benzene rings is 2. The summed E-state index contributed by atoms with van der Waals surface area (Å²) in [5, 5.41) is 5.76. The van der Waals surface area contributed by atoms with Crippen LogP contribution < -0.4 is 20.0 Å². The van der Waals surface area contributed by atoms with E-state index < -0.39 is 0 Å². The largest absolute Gasteiger partial charge is 0.491 e. The summed E-state index contributed by atoms with van der Waals surface area (Å²) in [6, 6.07) is 18.6. The maximum absolute atomic E-state index is 6.06. The molecule has 0 unspecified atom stereocenters. The SMILES string of the molecule is Cc1ccccc1OCCn1cc(C=NNc2cc(N3CCCC3)nc(N3CCCC3)n2)c2ccccc21. The van der Waals surface area contributed by atoms with Crippen molar-refractivity contribution >= 4 is 34.7 Å². The fraction of sp³-hybridized carbons (Fsp3) is 0.367. The topological polar surface area (TPSA) is 70.8 Å². The molecule has 38 heavy (non-hydrogen) atoms. The number of para-hydroxylation sites is 2. The molecular weight excluding hydrogens is 474 g/mol. The van der Waals surface area contributed by atoms with Gasteiger partial charge in [0.25, 0.3) is 0 Å². The molecule has 0 saturated carbocycles. The van der Waals surface area contributed by atoms with E-state index in [2.05, 4.69) is 68.3 Å². The van der Waals surface area contributed by atoms with E-state index in [0.29, 0.717) is 6.61 Å². The van der Waals surface area contributed by atoms with Gasteiger partial charge in [0.15, 0.2) is 5.82 Å². The molecule has 2 fully saturated rings. The van der Waals surface area contributed by atoms with Gasteiger partial charge in [-0.05, 0) is 50.3 Å². The maximum atomic E-state index is 6.06. The first-order valence-corrected chi connectivity index (χ1v) is 13.7. The molecule has 0 spiro atoms. The molecule has 4 heterocycles. The maximum Gasteiger partial charge on any atom is 0.229 e. The van der Waals surface area contributed by atoms with E-state index in [0.717, 1.165) is 78.1 Å². The molecule has 6 rings (SSSR count). The van der Waals surface area contributed by atoms with Gasteiger partial charge in [0.1, 0.15) is 18.2 Å². The Labute approximate surface area is 224 Å². The summed E-state index contributed by atoms with van der Waals surface area (Å²) < 4.78 is 8.29. The first-order valence-electron chi connectivity index (χ1n) is 13.7. The molecule has 1 N–H and O–H groups in total. The van der Waals surface area contributed by atoms with Gasteiger partial charge in [-0.25, -0.2) is 0 Å². The normalized spacial score (nSPS) is 15.7. The summed E-state index contributed by atoms with van der Waals surface area (Å²) in [5.74, 6) is 3.45. The molecule has 2 aliphatic heterocycles. The third-order valence-corrected chi connectivity index (χ3v) is 7.41. The smallest absolute Gasteiger partial charge is 0.229 e. The molecule has 0 amide bonds. The quantitative estimate of drug-likeness (QED) is 0.239. The van der Waals surface area contributed by atoms with Gasteiger partial charge >= 0.3 is 0 Å². The molecule has 196 valence electrons. The number of fused-ring (bicyclic) bond motifs is 1. The van der Waals surface area contributed by atoms with Crippen LogP contribution in [-0.4, -0.2) is 53.5 Å². The van der Waals surface area contributed by atoms with Crippen LogP contribution in [0.15, 0.2) is 65.9 Å². The number of ether oxygens (including phenoxy) is 1. The molecule has 8 heteroatoms. The van der Waals surface area contributed by atoms with E-state index in [1.807, 2.05) is 30.5 Å². The second kappa shape index (κ2) is 11.1. The van der Waals surface area contributed by atoms with Crippen LogP contribution in [-0.2, 0) is 6.54 Å². The molecule has 0 aliphatic carbocycles. The molecular formula is C30H35N7O. The fourth-order valence-corrected chi connectivity index (χ4v) is 5.35. The molecule has 0 radical (unpaired) electrons. The molecule has 2 aliphatic rings. The van der Waals surface area contributed by atoms with Gasteiger partial charge in [0.2, 0.25) is 5.95 Å². The Morgan fingerprint density at radius 2 is 1.66 bits per heavy atom. The zero-order valence-corrected chi connectivity index (χ0v) is 22.0. The summed E-state index contributed by atoms with van der Waals surface area (Å²) in [6.07, 6.45) is 8.83. The van der Waals surface area contributed by atoms with Crippen LogP contribution in [0.3, 0.4) is 0 Å². The lowest BCUT2D eigenvalue weighted by Crippen LogP contribution is -2.24.